The third-order valence-electron chi connectivity index (χ3n) is 7.00. The lowest BCUT2D eigenvalue weighted by molar-refractivity contribution is -0.119. The van der Waals surface area contributed by atoms with Crippen LogP contribution in [0.1, 0.15) is 44.8 Å². The van der Waals surface area contributed by atoms with Gasteiger partial charge in [0.05, 0.1) is 16.8 Å². The number of carbonyl (C=O) groups excluding carboxylic acids is 1. The van der Waals surface area contributed by atoms with Crippen molar-refractivity contribution in [2.45, 2.75) is 53.4 Å². The van der Waals surface area contributed by atoms with Crippen LogP contribution in [-0.2, 0) is 14.8 Å². The van der Waals surface area contributed by atoms with Crippen molar-refractivity contribution in [3.05, 3.63) is 111 Å². The topological polar surface area (TPSA) is 83.8 Å². The fourth-order valence-corrected chi connectivity index (χ4v) is 6.18. The lowest BCUT2D eigenvalue weighted by Gasteiger charge is -2.24. The Morgan fingerprint density at radius 2 is 1.48 bits per heavy atom. The van der Waals surface area contributed by atoms with Gasteiger partial charge in [0.2, 0.25) is 0 Å². The number of benzene rings is 3. The number of aryl methyl sites for hydroxylation is 6. The molecule has 0 aliphatic heterocycles. The molecule has 0 atom stereocenters. The number of aromatic nitrogens is 1. The number of sulfonamides is 1. The van der Waals surface area contributed by atoms with E-state index < -0.39 is 22.5 Å². The zero-order valence-electron chi connectivity index (χ0n) is 24.1. The highest BCUT2D eigenvalue weighted by Gasteiger charge is 2.27. The van der Waals surface area contributed by atoms with Gasteiger partial charge in [0.1, 0.15) is 6.54 Å². The van der Waals surface area contributed by atoms with Gasteiger partial charge in [-0.15, -0.1) is 0 Å². The van der Waals surface area contributed by atoms with Gasteiger partial charge < -0.3 is 4.57 Å². The van der Waals surface area contributed by atoms with Crippen LogP contribution in [0.5, 0.6) is 0 Å². The van der Waals surface area contributed by atoms with E-state index in [0.717, 1.165) is 43.6 Å². The van der Waals surface area contributed by atoms with Gasteiger partial charge in [0, 0.05) is 22.6 Å². The Bertz CT molecular complexity index is 1680. The number of nitrogens with one attached hydrogen (secondary N) is 1. The lowest BCUT2D eigenvalue weighted by Crippen LogP contribution is -2.39. The minimum atomic E-state index is -4.00. The van der Waals surface area contributed by atoms with E-state index in [1.807, 2.05) is 46.8 Å². The first-order chi connectivity index (χ1) is 18.9. The molecular weight excluding hydrogens is 520 g/mol. The van der Waals surface area contributed by atoms with Crippen molar-refractivity contribution in [2.75, 3.05) is 10.8 Å². The normalized spacial score (nSPS) is 11.7. The standard InChI is InChI=1S/C32H36N4O3S/c1-21-8-12-31(13-9-21)40(38,39)35(29-11-10-24(4)25(5)17-29)20-32(37)34-33-19-28-18-26(6)36(27(28)7)30-15-22(2)14-23(3)16-30/h8-19H,20H2,1-7H3,(H,34,37)/b33-19-. The zero-order chi connectivity index (χ0) is 29.2. The minimum absolute atomic E-state index is 0.117. The Kier molecular flexibility index (Phi) is 8.30. The number of rotatable bonds is 8. The van der Waals surface area contributed by atoms with Crippen molar-refractivity contribution >= 4 is 27.8 Å². The smallest absolute Gasteiger partial charge is 0.264 e. The predicted octanol–water partition coefficient (Wildman–Crippen LogP) is 5.98. The summed E-state index contributed by atoms with van der Waals surface area (Å²) in [6.45, 7) is 13.5. The van der Waals surface area contributed by atoms with Gasteiger partial charge in [-0.1, -0.05) is 29.8 Å². The summed E-state index contributed by atoms with van der Waals surface area (Å²) in [6.07, 6.45) is 1.59. The molecule has 0 aliphatic rings. The van der Waals surface area contributed by atoms with Gasteiger partial charge >= 0.3 is 0 Å². The summed E-state index contributed by atoms with van der Waals surface area (Å²) < 4.78 is 30.6. The molecule has 1 N–H and O–H groups in total. The number of hydrazone groups is 1. The number of carbonyl (C=O) groups is 1. The molecule has 4 aromatic rings. The maximum atomic E-state index is 13.6. The van der Waals surface area contributed by atoms with E-state index in [0.29, 0.717) is 5.69 Å². The Labute approximate surface area is 237 Å². The molecule has 40 heavy (non-hydrogen) atoms. The fourth-order valence-electron chi connectivity index (χ4n) is 4.77. The first kappa shape index (κ1) is 28.8. The van der Waals surface area contributed by atoms with Gasteiger partial charge in [-0.05, 0) is 113 Å². The summed E-state index contributed by atoms with van der Waals surface area (Å²) in [5.74, 6) is -0.548. The SMILES string of the molecule is Cc1ccc(S(=O)(=O)N(CC(=O)N/N=C\c2cc(C)n(-c3cc(C)cc(C)c3)c2C)c2ccc(C)c(C)c2)cc1. The first-order valence-electron chi connectivity index (χ1n) is 13.1. The van der Waals surface area contributed by atoms with E-state index in [9.17, 15) is 13.2 Å². The fraction of sp³-hybridized carbons (Fsp3) is 0.250. The second kappa shape index (κ2) is 11.5. The molecular formula is C32H36N4O3S. The van der Waals surface area contributed by atoms with Gasteiger partial charge in [-0.2, -0.15) is 5.10 Å². The second-order valence-corrected chi connectivity index (χ2v) is 12.3. The number of hydrogen-bond donors (Lipinski definition) is 1. The molecule has 0 saturated heterocycles. The highest BCUT2D eigenvalue weighted by Crippen LogP contribution is 2.26. The Morgan fingerprint density at radius 1 is 0.825 bits per heavy atom. The zero-order valence-corrected chi connectivity index (χ0v) is 24.9. The Hall–Kier alpha value is -4.17. The van der Waals surface area contributed by atoms with Gasteiger partial charge in [0.15, 0.2) is 0 Å². The Balaban J connectivity index is 1.58. The summed E-state index contributed by atoms with van der Waals surface area (Å²) in [7, 11) is -4.00. The second-order valence-electron chi connectivity index (χ2n) is 10.4. The average Bonchev–Trinajstić information content (AvgIpc) is 3.16. The molecule has 0 aliphatic carbocycles. The first-order valence-corrected chi connectivity index (χ1v) is 14.6. The van der Waals surface area contributed by atoms with Gasteiger partial charge in [-0.25, -0.2) is 13.8 Å². The van der Waals surface area contributed by atoms with E-state index in [2.05, 4.69) is 47.1 Å². The number of amides is 1. The molecule has 1 amide bonds. The van der Waals surface area contributed by atoms with Crippen LogP contribution in [0.15, 0.2) is 76.7 Å². The molecule has 0 bridgehead atoms. The van der Waals surface area contributed by atoms with Crippen molar-refractivity contribution < 1.29 is 13.2 Å². The van der Waals surface area contributed by atoms with Crippen LogP contribution >= 0.6 is 0 Å². The van der Waals surface area contributed by atoms with Crippen LogP contribution in [-0.4, -0.2) is 31.7 Å². The number of hydrogen-bond acceptors (Lipinski definition) is 4. The molecule has 1 heterocycles. The Morgan fingerprint density at radius 3 is 2.10 bits per heavy atom. The van der Waals surface area contributed by atoms with Crippen LogP contribution in [0, 0.1) is 48.5 Å². The van der Waals surface area contributed by atoms with Crippen molar-refractivity contribution in [3.8, 4) is 5.69 Å². The summed E-state index contributed by atoms with van der Waals surface area (Å²) in [5.41, 5.74) is 12.2. The monoisotopic (exact) mass is 556 g/mol. The lowest BCUT2D eigenvalue weighted by atomic mass is 10.1. The number of anilines is 1. The molecule has 4 rings (SSSR count). The van der Waals surface area contributed by atoms with Gasteiger partial charge in [-0.3, -0.25) is 9.10 Å². The van der Waals surface area contributed by atoms with E-state index >= 15 is 0 Å². The third-order valence-corrected chi connectivity index (χ3v) is 8.79. The van der Waals surface area contributed by atoms with Crippen molar-refractivity contribution in [1.82, 2.24) is 9.99 Å². The van der Waals surface area contributed by atoms with Crippen molar-refractivity contribution in [3.63, 3.8) is 0 Å². The van der Waals surface area contributed by atoms with E-state index in [4.69, 9.17) is 0 Å². The van der Waals surface area contributed by atoms with Crippen molar-refractivity contribution in [1.29, 1.82) is 0 Å². The molecule has 0 fully saturated rings. The van der Waals surface area contributed by atoms with Crippen LogP contribution in [0.25, 0.3) is 5.69 Å². The highest BCUT2D eigenvalue weighted by atomic mass is 32.2. The van der Waals surface area contributed by atoms with Crippen LogP contribution in [0.2, 0.25) is 0 Å². The molecule has 0 radical (unpaired) electrons. The van der Waals surface area contributed by atoms with Crippen LogP contribution in [0.3, 0.4) is 0 Å². The largest absolute Gasteiger partial charge is 0.318 e. The summed E-state index contributed by atoms with van der Waals surface area (Å²) in [4.78, 5) is 13.1. The summed E-state index contributed by atoms with van der Waals surface area (Å²) in [6, 6.07) is 20.3. The molecule has 0 unspecified atom stereocenters. The molecule has 0 saturated carbocycles. The van der Waals surface area contributed by atoms with Crippen molar-refractivity contribution in [2.24, 2.45) is 5.10 Å². The number of nitrogens with zero attached hydrogens (tertiary/aromatic N) is 3. The minimum Gasteiger partial charge on any atom is -0.318 e. The van der Waals surface area contributed by atoms with Crippen LogP contribution < -0.4 is 9.73 Å². The van der Waals surface area contributed by atoms with Gasteiger partial charge in [0.25, 0.3) is 15.9 Å². The average molecular weight is 557 g/mol. The molecule has 8 heteroatoms. The molecule has 208 valence electrons. The van der Waals surface area contributed by atoms with E-state index in [1.165, 1.54) is 11.1 Å². The highest BCUT2D eigenvalue weighted by molar-refractivity contribution is 7.92. The maximum Gasteiger partial charge on any atom is 0.264 e. The molecule has 0 spiro atoms. The predicted molar refractivity (Wildman–Crippen MR) is 162 cm³/mol. The van der Waals surface area contributed by atoms with Crippen LogP contribution in [0.4, 0.5) is 5.69 Å². The molecule has 3 aromatic carbocycles. The van der Waals surface area contributed by atoms with E-state index in [1.54, 1.807) is 42.6 Å². The third kappa shape index (κ3) is 6.18. The maximum absolute atomic E-state index is 13.6. The van der Waals surface area contributed by atoms with E-state index in [-0.39, 0.29) is 4.90 Å². The molecule has 7 nitrogen and oxygen atoms in total. The quantitative estimate of drug-likeness (QED) is 0.214. The summed E-state index contributed by atoms with van der Waals surface area (Å²) in [5, 5.41) is 4.17. The summed E-state index contributed by atoms with van der Waals surface area (Å²) >= 11 is 0. The molecule has 1 aromatic heterocycles.